The highest BCUT2D eigenvalue weighted by Crippen LogP contribution is 2.32. The Morgan fingerprint density at radius 3 is 2.84 bits per heavy atom. The second-order valence-electron chi connectivity index (χ2n) is 7.96. The second kappa shape index (κ2) is 8.86. The molecule has 4 rings (SSSR count). The number of nitrogens with zero attached hydrogens (tertiary/aromatic N) is 2. The van der Waals surface area contributed by atoms with E-state index >= 15 is 0 Å². The van der Waals surface area contributed by atoms with Gasteiger partial charge in [-0.1, -0.05) is 6.92 Å². The van der Waals surface area contributed by atoms with Crippen LogP contribution in [0.2, 0.25) is 0 Å². The molecule has 3 aromatic rings. The lowest BCUT2D eigenvalue weighted by Gasteiger charge is -2.19. The average Bonchev–Trinajstić information content (AvgIpc) is 3.34. The Kier molecular flexibility index (Phi) is 5.98. The average molecular weight is 438 g/mol. The zero-order valence-electron chi connectivity index (χ0n) is 18.3. The number of fused-ring (bicyclic) bond motifs is 1. The number of benzene rings is 1. The molecule has 0 spiro atoms. The van der Waals surface area contributed by atoms with Crippen LogP contribution in [0.15, 0.2) is 34.7 Å². The number of hydrogen-bond donors (Lipinski definition) is 2. The third kappa shape index (κ3) is 4.37. The molecule has 1 aromatic carbocycles. The number of amides is 3. The fourth-order valence-corrected chi connectivity index (χ4v) is 3.97. The summed E-state index contributed by atoms with van der Waals surface area (Å²) in [5, 5.41) is 10.6. The second-order valence-corrected chi connectivity index (χ2v) is 7.96. The first kappa shape index (κ1) is 21.6. The van der Waals surface area contributed by atoms with E-state index in [0.717, 1.165) is 22.4 Å². The molecule has 0 bridgehead atoms. The minimum Gasteiger partial charge on any atom is -0.484 e. The topological polar surface area (TPSA) is 115 Å². The number of carbonyl (C=O) groups is 3. The van der Waals surface area contributed by atoms with Crippen molar-refractivity contribution in [2.75, 3.05) is 6.61 Å². The molecular weight excluding hydrogens is 412 g/mol. The number of aryl methyl sites for hydroxylation is 2. The minimum absolute atomic E-state index is 0.139. The van der Waals surface area contributed by atoms with Gasteiger partial charge >= 0.3 is 0 Å². The van der Waals surface area contributed by atoms with E-state index in [1.807, 2.05) is 32.0 Å². The number of nitrogens with one attached hydrogen (secondary N) is 2. The lowest BCUT2D eigenvalue weighted by molar-refractivity contribution is -0.134. The third-order valence-corrected chi connectivity index (χ3v) is 5.64. The van der Waals surface area contributed by atoms with E-state index in [1.165, 1.54) is 0 Å². The Labute approximate surface area is 185 Å². The summed E-state index contributed by atoms with van der Waals surface area (Å²) in [7, 11) is 1.78. The van der Waals surface area contributed by atoms with Gasteiger partial charge in [-0.25, -0.2) is 0 Å². The van der Waals surface area contributed by atoms with Crippen LogP contribution in [0.1, 0.15) is 55.4 Å². The molecule has 2 aromatic heterocycles. The SMILES string of the molecule is CC[C@@H](NC(=O)COc1ccc2c(C3CCC(=O)NC3=O)nn(C)c2c1)c1ccc(C)o1. The Bertz CT molecular complexity index is 1180. The maximum absolute atomic E-state index is 12.4. The quantitative estimate of drug-likeness (QED) is 0.548. The Hall–Kier alpha value is -3.62. The molecule has 1 unspecified atom stereocenters. The van der Waals surface area contributed by atoms with Gasteiger partial charge in [-0.15, -0.1) is 0 Å². The molecular formula is C23H26N4O5. The summed E-state index contributed by atoms with van der Waals surface area (Å²) in [5.74, 6) is 0.738. The fraction of sp³-hybridized carbons (Fsp3) is 0.391. The number of hydrogen-bond acceptors (Lipinski definition) is 6. The van der Waals surface area contributed by atoms with Crippen molar-refractivity contribution in [3.8, 4) is 5.75 Å². The number of aromatic nitrogens is 2. The normalized spacial score (nSPS) is 17.3. The lowest BCUT2D eigenvalue weighted by atomic mass is 9.93. The van der Waals surface area contributed by atoms with Gasteiger partial charge in [0.25, 0.3) is 5.91 Å². The number of ether oxygens (including phenoxy) is 1. The van der Waals surface area contributed by atoms with Gasteiger partial charge < -0.3 is 14.5 Å². The first-order valence-electron chi connectivity index (χ1n) is 10.6. The monoisotopic (exact) mass is 438 g/mol. The molecule has 0 radical (unpaired) electrons. The largest absolute Gasteiger partial charge is 0.484 e. The zero-order valence-corrected chi connectivity index (χ0v) is 18.3. The van der Waals surface area contributed by atoms with Crippen LogP contribution in [-0.4, -0.2) is 34.1 Å². The van der Waals surface area contributed by atoms with E-state index < -0.39 is 5.92 Å². The number of rotatable bonds is 7. The predicted molar refractivity (Wildman–Crippen MR) is 116 cm³/mol. The number of imide groups is 1. The van der Waals surface area contributed by atoms with Crippen molar-refractivity contribution in [3.05, 3.63) is 47.5 Å². The van der Waals surface area contributed by atoms with Crippen LogP contribution in [0, 0.1) is 6.92 Å². The molecule has 32 heavy (non-hydrogen) atoms. The van der Waals surface area contributed by atoms with E-state index in [1.54, 1.807) is 23.9 Å². The van der Waals surface area contributed by atoms with Crippen molar-refractivity contribution in [3.63, 3.8) is 0 Å². The van der Waals surface area contributed by atoms with E-state index in [2.05, 4.69) is 15.7 Å². The van der Waals surface area contributed by atoms with Crippen molar-refractivity contribution in [1.29, 1.82) is 0 Å². The van der Waals surface area contributed by atoms with Crippen molar-refractivity contribution >= 4 is 28.6 Å². The Morgan fingerprint density at radius 2 is 2.16 bits per heavy atom. The van der Waals surface area contributed by atoms with E-state index in [0.29, 0.717) is 30.7 Å². The fourth-order valence-electron chi connectivity index (χ4n) is 3.97. The standard InChI is InChI=1S/C23H26N4O5/c1-4-17(19-9-5-13(2)32-19)24-21(29)12-31-14-6-7-15-18(11-14)27(3)26-22(15)16-8-10-20(28)25-23(16)30/h5-7,9,11,16-17H,4,8,10,12H2,1-3H3,(H,24,29)(H,25,28,30)/t16?,17-/m1/s1. The van der Waals surface area contributed by atoms with Crippen LogP contribution in [0.4, 0.5) is 0 Å². The van der Waals surface area contributed by atoms with Crippen molar-refractivity contribution in [2.24, 2.45) is 7.05 Å². The summed E-state index contributed by atoms with van der Waals surface area (Å²) in [6, 6.07) is 8.89. The number of furan rings is 1. The van der Waals surface area contributed by atoms with E-state index in [9.17, 15) is 14.4 Å². The van der Waals surface area contributed by atoms with Crippen LogP contribution in [0.25, 0.3) is 10.9 Å². The van der Waals surface area contributed by atoms with Crippen LogP contribution < -0.4 is 15.4 Å². The van der Waals surface area contributed by atoms with Crippen molar-refractivity contribution in [2.45, 2.75) is 45.1 Å². The summed E-state index contributed by atoms with van der Waals surface area (Å²) in [4.78, 5) is 36.1. The molecule has 1 saturated heterocycles. The molecule has 0 saturated carbocycles. The first-order valence-corrected chi connectivity index (χ1v) is 10.6. The van der Waals surface area contributed by atoms with Gasteiger partial charge in [0.15, 0.2) is 6.61 Å². The first-order chi connectivity index (χ1) is 15.4. The summed E-state index contributed by atoms with van der Waals surface area (Å²) in [5.41, 5.74) is 1.41. The van der Waals surface area contributed by atoms with Gasteiger partial charge in [0.05, 0.1) is 23.2 Å². The van der Waals surface area contributed by atoms with Crippen LogP contribution in [0.3, 0.4) is 0 Å². The molecule has 1 fully saturated rings. The molecule has 3 heterocycles. The smallest absolute Gasteiger partial charge is 0.258 e. The highest BCUT2D eigenvalue weighted by atomic mass is 16.5. The number of carbonyl (C=O) groups excluding carboxylic acids is 3. The highest BCUT2D eigenvalue weighted by molar-refractivity contribution is 6.02. The maximum atomic E-state index is 12.4. The molecule has 9 nitrogen and oxygen atoms in total. The lowest BCUT2D eigenvalue weighted by Crippen LogP contribution is -2.39. The minimum atomic E-state index is -0.467. The predicted octanol–water partition coefficient (Wildman–Crippen LogP) is 2.64. The van der Waals surface area contributed by atoms with E-state index in [-0.39, 0.29) is 30.4 Å². The summed E-state index contributed by atoms with van der Waals surface area (Å²) >= 11 is 0. The molecule has 3 amide bonds. The van der Waals surface area contributed by atoms with Gasteiger partial charge in [-0.05, 0) is 44.0 Å². The Balaban J connectivity index is 1.44. The molecule has 1 aliphatic rings. The summed E-state index contributed by atoms with van der Waals surface area (Å²) in [6.07, 6.45) is 1.42. The van der Waals surface area contributed by atoms with Gasteiger partial charge in [0, 0.05) is 24.9 Å². The van der Waals surface area contributed by atoms with Crippen LogP contribution >= 0.6 is 0 Å². The highest BCUT2D eigenvalue weighted by Gasteiger charge is 2.31. The van der Waals surface area contributed by atoms with Crippen LogP contribution in [-0.2, 0) is 21.4 Å². The van der Waals surface area contributed by atoms with E-state index in [4.69, 9.17) is 9.15 Å². The van der Waals surface area contributed by atoms with Crippen molar-refractivity contribution in [1.82, 2.24) is 20.4 Å². The number of piperidine rings is 1. The summed E-state index contributed by atoms with van der Waals surface area (Å²) < 4.78 is 13.0. The van der Waals surface area contributed by atoms with Gasteiger partial charge in [-0.2, -0.15) is 5.10 Å². The molecule has 2 N–H and O–H groups in total. The molecule has 2 atom stereocenters. The van der Waals surface area contributed by atoms with Crippen LogP contribution in [0.5, 0.6) is 5.75 Å². The molecule has 0 aliphatic carbocycles. The maximum Gasteiger partial charge on any atom is 0.258 e. The van der Waals surface area contributed by atoms with Gasteiger partial charge in [0.2, 0.25) is 11.8 Å². The zero-order chi connectivity index (χ0) is 22.8. The molecule has 9 heteroatoms. The van der Waals surface area contributed by atoms with Gasteiger partial charge in [-0.3, -0.25) is 24.4 Å². The molecule has 168 valence electrons. The molecule has 1 aliphatic heterocycles. The Morgan fingerprint density at radius 1 is 1.34 bits per heavy atom. The van der Waals surface area contributed by atoms with Gasteiger partial charge in [0.1, 0.15) is 17.3 Å². The van der Waals surface area contributed by atoms with Crippen molar-refractivity contribution < 1.29 is 23.5 Å². The third-order valence-electron chi connectivity index (χ3n) is 5.64. The summed E-state index contributed by atoms with van der Waals surface area (Å²) in [6.45, 7) is 3.70.